The molecule has 2 heterocycles. The van der Waals surface area contributed by atoms with Gasteiger partial charge in [0.15, 0.2) is 6.23 Å². The van der Waals surface area contributed by atoms with Gasteiger partial charge in [-0.25, -0.2) is 14.4 Å². The smallest absolute Gasteiger partial charge is 0.459 e. The van der Waals surface area contributed by atoms with Gasteiger partial charge in [-0.05, 0) is 25.1 Å². The van der Waals surface area contributed by atoms with Crippen molar-refractivity contribution in [3.8, 4) is 5.75 Å². The van der Waals surface area contributed by atoms with E-state index in [1.54, 1.807) is 51.1 Å². The summed E-state index contributed by atoms with van der Waals surface area (Å²) >= 11 is 0. The van der Waals surface area contributed by atoms with E-state index in [1.807, 2.05) is 0 Å². The predicted octanol–water partition coefficient (Wildman–Crippen LogP) is 1.48. The Morgan fingerprint density at radius 3 is 2.59 bits per heavy atom. The van der Waals surface area contributed by atoms with E-state index in [4.69, 9.17) is 29.0 Å². The zero-order valence-electron chi connectivity index (χ0n) is 21.1. The van der Waals surface area contributed by atoms with Crippen LogP contribution in [0.3, 0.4) is 0 Å². The van der Waals surface area contributed by atoms with Crippen LogP contribution in [0.1, 0.15) is 27.0 Å². The highest BCUT2D eigenvalue weighted by molar-refractivity contribution is 7.52. The van der Waals surface area contributed by atoms with E-state index in [1.165, 1.54) is 19.4 Å². The third-order valence-corrected chi connectivity index (χ3v) is 7.11. The number of nitrogens with zero attached hydrogens (tertiary/aromatic N) is 2. The molecule has 2 aromatic rings. The second-order valence-electron chi connectivity index (χ2n) is 8.81. The largest absolute Gasteiger partial charge is 0.464 e. The summed E-state index contributed by atoms with van der Waals surface area (Å²) in [4.78, 5) is 27.8. The summed E-state index contributed by atoms with van der Waals surface area (Å²) in [5.41, 5.74) is 4.86. The molecule has 204 valence electrons. The Balaban J connectivity index is 1.74. The van der Waals surface area contributed by atoms with Crippen LogP contribution in [0.5, 0.6) is 5.75 Å². The van der Waals surface area contributed by atoms with Gasteiger partial charge in [0.25, 0.3) is 0 Å². The highest BCUT2D eigenvalue weighted by Crippen LogP contribution is 2.46. The molecule has 4 N–H and O–H groups in total. The Labute approximate surface area is 214 Å². The fraction of sp³-hybridized carbons (Fsp3) is 0.522. The Morgan fingerprint density at radius 1 is 1.27 bits per heavy atom. The van der Waals surface area contributed by atoms with Crippen molar-refractivity contribution in [2.24, 2.45) is 5.92 Å². The van der Waals surface area contributed by atoms with Gasteiger partial charge in [-0.2, -0.15) is 4.98 Å². The van der Waals surface area contributed by atoms with Crippen molar-refractivity contribution in [2.45, 2.75) is 51.4 Å². The fourth-order valence-electron chi connectivity index (χ4n) is 3.52. The van der Waals surface area contributed by atoms with E-state index in [-0.39, 0.29) is 30.7 Å². The molecule has 0 bridgehead atoms. The maximum atomic E-state index is 13.7. The standard InChI is InChI=1S/C23H33N4O9P/c1-14(2)22(29)33-12-15(3)26-37(31,36-16-8-6-5-7-9-16)34-13-17-19(28)20(32-4)21(35-17)27-11-10-18(24)25-23(27)30/h5-11,14-15,17,19-21,28H,12-13H2,1-4H3,(H,26,31)(H2,24,25,30)/t15-,17+,19?,20?,21+,37?/m0/s1. The number of esters is 1. The number of nitrogens with two attached hydrogens (primary N) is 1. The minimum Gasteiger partial charge on any atom is -0.464 e. The molecule has 6 atom stereocenters. The number of ether oxygens (including phenoxy) is 3. The Bertz CT molecular complexity index is 1150. The van der Waals surface area contributed by atoms with Gasteiger partial charge in [-0.1, -0.05) is 32.0 Å². The van der Waals surface area contributed by atoms with Gasteiger partial charge in [0.2, 0.25) is 0 Å². The van der Waals surface area contributed by atoms with Crippen molar-refractivity contribution in [1.29, 1.82) is 0 Å². The topological polar surface area (TPSA) is 173 Å². The lowest BCUT2D eigenvalue weighted by molar-refractivity contribution is -0.147. The molecule has 1 fully saturated rings. The average Bonchev–Trinajstić information content (AvgIpc) is 3.16. The van der Waals surface area contributed by atoms with E-state index >= 15 is 0 Å². The predicted molar refractivity (Wildman–Crippen MR) is 133 cm³/mol. The summed E-state index contributed by atoms with van der Waals surface area (Å²) in [5.74, 6) is -0.418. The number of rotatable bonds is 12. The third-order valence-electron chi connectivity index (χ3n) is 5.41. The van der Waals surface area contributed by atoms with E-state index < -0.39 is 50.0 Å². The molecule has 0 radical (unpaired) electrons. The van der Waals surface area contributed by atoms with Crippen LogP contribution in [-0.4, -0.2) is 65.3 Å². The van der Waals surface area contributed by atoms with Crippen LogP contribution in [0.4, 0.5) is 5.82 Å². The zero-order chi connectivity index (χ0) is 27.2. The van der Waals surface area contributed by atoms with Crippen molar-refractivity contribution < 1.29 is 37.7 Å². The molecule has 13 nitrogen and oxygen atoms in total. The summed E-state index contributed by atoms with van der Waals surface area (Å²) in [6.45, 7) is 4.59. The van der Waals surface area contributed by atoms with Crippen LogP contribution in [0, 0.1) is 5.92 Å². The number of aliphatic hydroxyl groups is 1. The third kappa shape index (κ3) is 7.60. The minimum absolute atomic E-state index is 0.0342. The van der Waals surface area contributed by atoms with E-state index in [2.05, 4.69) is 10.1 Å². The van der Waals surface area contributed by atoms with Gasteiger partial charge in [0, 0.05) is 19.3 Å². The maximum absolute atomic E-state index is 13.7. The van der Waals surface area contributed by atoms with Gasteiger partial charge in [0.05, 0.1) is 12.5 Å². The van der Waals surface area contributed by atoms with Crippen molar-refractivity contribution in [1.82, 2.24) is 14.6 Å². The van der Waals surface area contributed by atoms with E-state index in [0.29, 0.717) is 0 Å². The number of nitrogens with one attached hydrogen (secondary N) is 1. The minimum atomic E-state index is -4.07. The number of nitrogen functional groups attached to an aromatic ring is 1. The number of carbonyl (C=O) groups excluding carboxylic acids is 1. The number of hydrogen-bond donors (Lipinski definition) is 3. The number of para-hydroxylation sites is 1. The van der Waals surface area contributed by atoms with Crippen LogP contribution in [0.15, 0.2) is 47.4 Å². The Morgan fingerprint density at radius 2 is 1.97 bits per heavy atom. The quantitative estimate of drug-likeness (QED) is 0.262. The molecule has 1 aromatic heterocycles. The Kier molecular flexibility index (Phi) is 9.82. The Hall–Kier alpha value is -2.80. The van der Waals surface area contributed by atoms with Crippen LogP contribution < -0.4 is 21.0 Å². The number of benzene rings is 1. The first-order valence-corrected chi connectivity index (χ1v) is 13.2. The molecule has 3 unspecified atom stereocenters. The first-order chi connectivity index (χ1) is 17.5. The molecule has 1 aromatic carbocycles. The van der Waals surface area contributed by atoms with Crippen molar-refractivity contribution >= 4 is 19.5 Å². The number of hydrogen-bond acceptors (Lipinski definition) is 11. The molecule has 3 rings (SSSR count). The molecule has 0 amide bonds. The number of aliphatic hydroxyl groups excluding tert-OH is 1. The normalized spacial score (nSPS) is 23.9. The summed E-state index contributed by atoms with van der Waals surface area (Å²) < 4.78 is 42.5. The molecule has 1 saturated heterocycles. The highest BCUT2D eigenvalue weighted by Gasteiger charge is 2.46. The van der Waals surface area contributed by atoms with Crippen LogP contribution in [0.25, 0.3) is 0 Å². The van der Waals surface area contributed by atoms with Crippen molar-refractivity contribution in [3.63, 3.8) is 0 Å². The molecule has 0 saturated carbocycles. The number of aromatic nitrogens is 2. The lowest BCUT2D eigenvalue weighted by Gasteiger charge is -2.25. The fourth-order valence-corrected chi connectivity index (χ4v) is 5.05. The van der Waals surface area contributed by atoms with Gasteiger partial charge in [0.1, 0.15) is 36.5 Å². The second-order valence-corrected chi connectivity index (χ2v) is 10.5. The van der Waals surface area contributed by atoms with E-state index in [9.17, 15) is 19.3 Å². The second kappa shape index (κ2) is 12.6. The molecular formula is C23H33N4O9P. The number of carbonyl (C=O) groups is 1. The first-order valence-electron chi connectivity index (χ1n) is 11.7. The summed E-state index contributed by atoms with van der Waals surface area (Å²) in [6.07, 6.45) is -2.89. The molecule has 14 heteroatoms. The zero-order valence-corrected chi connectivity index (χ0v) is 21.9. The lowest BCUT2D eigenvalue weighted by atomic mass is 10.1. The molecule has 1 aliphatic heterocycles. The van der Waals surface area contributed by atoms with Crippen molar-refractivity contribution in [3.05, 3.63) is 53.1 Å². The molecule has 0 aliphatic carbocycles. The first kappa shape index (κ1) is 28.8. The summed E-state index contributed by atoms with van der Waals surface area (Å²) in [5, 5.41) is 13.5. The van der Waals surface area contributed by atoms with Crippen LogP contribution in [0.2, 0.25) is 0 Å². The number of anilines is 1. The number of methoxy groups -OCH3 is 1. The summed E-state index contributed by atoms with van der Waals surface area (Å²) in [6, 6.07) is 9.16. The van der Waals surface area contributed by atoms with E-state index in [0.717, 1.165) is 4.57 Å². The van der Waals surface area contributed by atoms with Crippen LogP contribution >= 0.6 is 7.75 Å². The summed E-state index contributed by atoms with van der Waals surface area (Å²) in [7, 11) is -2.71. The molecular weight excluding hydrogens is 507 g/mol. The van der Waals surface area contributed by atoms with Crippen LogP contribution in [-0.2, 0) is 28.1 Å². The van der Waals surface area contributed by atoms with Gasteiger partial charge >= 0.3 is 19.4 Å². The average molecular weight is 541 g/mol. The monoisotopic (exact) mass is 540 g/mol. The molecule has 37 heavy (non-hydrogen) atoms. The maximum Gasteiger partial charge on any atom is 0.459 e. The van der Waals surface area contributed by atoms with Gasteiger partial charge in [-0.3, -0.25) is 13.9 Å². The molecule has 1 aliphatic rings. The SMILES string of the molecule is COC1C(O)[C@@H](COP(=O)(N[C@@H](C)COC(=O)C(C)C)Oc2ccccc2)O[C@H]1n1ccc(N)nc1=O. The van der Waals surface area contributed by atoms with Gasteiger partial charge < -0.3 is 29.6 Å². The van der Waals surface area contributed by atoms with Crippen molar-refractivity contribution in [2.75, 3.05) is 26.1 Å². The van der Waals surface area contributed by atoms with Gasteiger partial charge in [-0.15, -0.1) is 0 Å². The highest BCUT2D eigenvalue weighted by atomic mass is 31.2. The lowest BCUT2D eigenvalue weighted by Crippen LogP contribution is -2.38. The molecule has 0 spiro atoms.